The molecule has 3 aromatic heterocycles. The van der Waals surface area contributed by atoms with Crippen LogP contribution in [-0.2, 0) is 13.2 Å². The number of anilines is 1. The molecule has 0 aliphatic rings. The highest BCUT2D eigenvalue weighted by molar-refractivity contribution is 5.85. The zero-order valence-electron chi connectivity index (χ0n) is 10.8. The normalized spacial score (nSPS) is 10.9. The van der Waals surface area contributed by atoms with E-state index in [1.54, 1.807) is 12.4 Å². The van der Waals surface area contributed by atoms with Crippen molar-refractivity contribution in [1.82, 2.24) is 30.1 Å². The van der Waals surface area contributed by atoms with Crippen LogP contribution in [0.15, 0.2) is 18.6 Å². The number of rotatable bonds is 4. The van der Waals surface area contributed by atoms with Crippen LogP contribution >= 0.6 is 0 Å². The van der Waals surface area contributed by atoms with Crippen molar-refractivity contribution in [2.75, 3.05) is 5.32 Å². The minimum Gasteiger partial charge on any atom is -0.390 e. The molecule has 3 N–H and O–H groups in total. The fraction of sp³-hybridized carbons (Fsp3) is 0.250. The molecule has 0 spiro atoms. The van der Waals surface area contributed by atoms with Gasteiger partial charge in [0, 0.05) is 0 Å². The first-order valence-corrected chi connectivity index (χ1v) is 6.08. The van der Waals surface area contributed by atoms with Gasteiger partial charge in [0.2, 0.25) is 0 Å². The lowest BCUT2D eigenvalue weighted by atomic mass is 10.3. The van der Waals surface area contributed by atoms with E-state index in [2.05, 4.69) is 35.5 Å². The van der Waals surface area contributed by atoms with Gasteiger partial charge in [-0.15, -0.1) is 0 Å². The van der Waals surface area contributed by atoms with Gasteiger partial charge in [-0.1, -0.05) is 0 Å². The monoisotopic (exact) mass is 271 g/mol. The highest BCUT2D eigenvalue weighted by Crippen LogP contribution is 2.18. The number of fused-ring (bicyclic) bond motifs is 1. The van der Waals surface area contributed by atoms with Gasteiger partial charge in [-0.3, -0.25) is 15.1 Å². The third kappa shape index (κ3) is 2.41. The number of hydrogen-bond acceptors (Lipinski definition) is 7. The minimum absolute atomic E-state index is 0.126. The molecule has 0 bridgehead atoms. The Bertz CT molecular complexity index is 740. The standard InChI is InChI=1S/C12H13N7O/c1-7-16-11(10-5-15-19-12(10)17-7)14-4-8-2-13-3-9(6-20)18-8/h2-3,5,20H,4,6H2,1H3,(H2,14,15,16,17,19). The van der Waals surface area contributed by atoms with Gasteiger partial charge in [0.25, 0.3) is 0 Å². The molecular formula is C12H13N7O. The van der Waals surface area contributed by atoms with Crippen molar-refractivity contribution >= 4 is 16.9 Å². The molecular weight excluding hydrogens is 258 g/mol. The average molecular weight is 271 g/mol. The second-order valence-electron chi connectivity index (χ2n) is 4.27. The summed E-state index contributed by atoms with van der Waals surface area (Å²) in [6.07, 6.45) is 4.85. The van der Waals surface area contributed by atoms with Gasteiger partial charge in [0.05, 0.1) is 48.5 Å². The number of nitrogens with zero attached hydrogens (tertiary/aromatic N) is 5. The molecule has 0 aliphatic carbocycles. The number of aliphatic hydroxyl groups is 1. The van der Waals surface area contributed by atoms with Crippen LogP contribution in [0.5, 0.6) is 0 Å². The molecule has 102 valence electrons. The SMILES string of the molecule is Cc1nc(NCc2cncc(CO)n2)c2cn[nH]c2n1. The molecule has 0 saturated heterocycles. The molecule has 3 heterocycles. The number of aromatic amines is 1. The van der Waals surface area contributed by atoms with Crippen molar-refractivity contribution in [2.24, 2.45) is 0 Å². The molecule has 0 saturated carbocycles. The van der Waals surface area contributed by atoms with Crippen molar-refractivity contribution in [3.63, 3.8) is 0 Å². The van der Waals surface area contributed by atoms with Crippen molar-refractivity contribution in [1.29, 1.82) is 0 Å². The van der Waals surface area contributed by atoms with E-state index >= 15 is 0 Å². The van der Waals surface area contributed by atoms with Gasteiger partial charge >= 0.3 is 0 Å². The maximum absolute atomic E-state index is 9.04. The molecule has 0 aromatic carbocycles. The predicted molar refractivity (Wildman–Crippen MR) is 71.7 cm³/mol. The molecule has 0 aliphatic heterocycles. The van der Waals surface area contributed by atoms with Crippen LogP contribution in [0.4, 0.5) is 5.82 Å². The third-order valence-corrected chi connectivity index (χ3v) is 2.75. The van der Waals surface area contributed by atoms with Gasteiger partial charge in [-0.05, 0) is 6.92 Å². The maximum Gasteiger partial charge on any atom is 0.161 e. The Morgan fingerprint density at radius 2 is 2.00 bits per heavy atom. The minimum atomic E-state index is -0.126. The van der Waals surface area contributed by atoms with Crippen molar-refractivity contribution in [3.8, 4) is 0 Å². The van der Waals surface area contributed by atoms with Gasteiger partial charge in [0.15, 0.2) is 5.65 Å². The number of H-pyrrole nitrogens is 1. The number of hydrogen-bond donors (Lipinski definition) is 3. The molecule has 0 unspecified atom stereocenters. The topological polar surface area (TPSA) is 113 Å². The van der Waals surface area contributed by atoms with E-state index in [0.29, 0.717) is 29.5 Å². The van der Waals surface area contributed by atoms with Crippen molar-refractivity contribution < 1.29 is 5.11 Å². The zero-order chi connectivity index (χ0) is 13.9. The molecule has 0 atom stereocenters. The van der Waals surface area contributed by atoms with Crippen LogP contribution in [0, 0.1) is 6.92 Å². The summed E-state index contributed by atoms with van der Waals surface area (Å²) in [7, 11) is 0. The van der Waals surface area contributed by atoms with E-state index in [1.807, 2.05) is 6.92 Å². The summed E-state index contributed by atoms with van der Waals surface area (Å²) >= 11 is 0. The Morgan fingerprint density at radius 3 is 2.85 bits per heavy atom. The Labute approximate surface area is 114 Å². The lowest BCUT2D eigenvalue weighted by Crippen LogP contribution is -2.07. The predicted octanol–water partition coefficient (Wildman–Crippen LogP) is 0.556. The summed E-state index contributed by atoms with van der Waals surface area (Å²) in [5, 5.41) is 19.8. The van der Waals surface area contributed by atoms with Gasteiger partial charge in [-0.2, -0.15) is 5.10 Å². The molecule has 3 rings (SSSR count). The van der Waals surface area contributed by atoms with Gasteiger partial charge < -0.3 is 10.4 Å². The molecule has 0 amide bonds. The second-order valence-corrected chi connectivity index (χ2v) is 4.27. The lowest BCUT2D eigenvalue weighted by Gasteiger charge is -2.07. The Kier molecular flexibility index (Phi) is 3.21. The van der Waals surface area contributed by atoms with E-state index in [4.69, 9.17) is 5.11 Å². The van der Waals surface area contributed by atoms with E-state index in [-0.39, 0.29) is 6.61 Å². The fourth-order valence-electron chi connectivity index (χ4n) is 1.87. The number of aliphatic hydroxyl groups excluding tert-OH is 1. The average Bonchev–Trinajstić information content (AvgIpc) is 2.93. The first-order valence-electron chi connectivity index (χ1n) is 6.08. The van der Waals surface area contributed by atoms with Crippen LogP contribution in [0.3, 0.4) is 0 Å². The number of aryl methyl sites for hydroxylation is 1. The van der Waals surface area contributed by atoms with Crippen LogP contribution < -0.4 is 5.32 Å². The van der Waals surface area contributed by atoms with Crippen LogP contribution in [0.2, 0.25) is 0 Å². The summed E-state index contributed by atoms with van der Waals surface area (Å²) in [6.45, 7) is 2.15. The molecule has 0 radical (unpaired) electrons. The highest BCUT2D eigenvalue weighted by atomic mass is 16.3. The number of aromatic nitrogens is 6. The summed E-state index contributed by atoms with van der Waals surface area (Å²) in [4.78, 5) is 16.9. The second kappa shape index (κ2) is 5.17. The van der Waals surface area contributed by atoms with E-state index in [9.17, 15) is 0 Å². The van der Waals surface area contributed by atoms with Crippen LogP contribution in [0.25, 0.3) is 11.0 Å². The van der Waals surface area contributed by atoms with Gasteiger partial charge in [0.1, 0.15) is 11.6 Å². The summed E-state index contributed by atoms with van der Waals surface area (Å²) in [5.74, 6) is 1.34. The Hall–Kier alpha value is -2.61. The van der Waals surface area contributed by atoms with Gasteiger partial charge in [-0.25, -0.2) is 9.97 Å². The summed E-state index contributed by atoms with van der Waals surface area (Å²) in [5.41, 5.74) is 1.95. The van der Waals surface area contributed by atoms with E-state index < -0.39 is 0 Å². The quantitative estimate of drug-likeness (QED) is 0.635. The molecule has 20 heavy (non-hydrogen) atoms. The molecule has 3 aromatic rings. The largest absolute Gasteiger partial charge is 0.390 e. The maximum atomic E-state index is 9.04. The summed E-state index contributed by atoms with van der Waals surface area (Å²) in [6, 6.07) is 0. The smallest absolute Gasteiger partial charge is 0.161 e. The lowest BCUT2D eigenvalue weighted by molar-refractivity contribution is 0.276. The van der Waals surface area contributed by atoms with E-state index in [1.165, 1.54) is 6.20 Å². The Balaban J connectivity index is 1.84. The number of nitrogens with one attached hydrogen (secondary N) is 2. The highest BCUT2D eigenvalue weighted by Gasteiger charge is 2.07. The Morgan fingerprint density at radius 1 is 1.15 bits per heavy atom. The van der Waals surface area contributed by atoms with E-state index in [0.717, 1.165) is 11.1 Å². The molecule has 8 heteroatoms. The van der Waals surface area contributed by atoms with Crippen molar-refractivity contribution in [2.45, 2.75) is 20.1 Å². The van der Waals surface area contributed by atoms with Crippen LogP contribution in [-0.4, -0.2) is 35.2 Å². The fourth-order valence-corrected chi connectivity index (χ4v) is 1.87. The first kappa shape index (κ1) is 12.4. The first-order chi connectivity index (χ1) is 9.76. The summed E-state index contributed by atoms with van der Waals surface area (Å²) < 4.78 is 0. The third-order valence-electron chi connectivity index (χ3n) is 2.75. The van der Waals surface area contributed by atoms with Crippen molar-refractivity contribution in [3.05, 3.63) is 35.8 Å². The van der Waals surface area contributed by atoms with Crippen LogP contribution in [0.1, 0.15) is 17.2 Å². The zero-order valence-corrected chi connectivity index (χ0v) is 10.8. The molecule has 8 nitrogen and oxygen atoms in total. The molecule has 0 fully saturated rings.